The number of benzene rings is 1. The van der Waals surface area contributed by atoms with Crippen LogP contribution in [0.2, 0.25) is 0 Å². The largest absolute Gasteiger partial charge is 0.340 e. The van der Waals surface area contributed by atoms with Crippen molar-refractivity contribution >= 4 is 18.3 Å². The number of halogens is 1. The van der Waals surface area contributed by atoms with Crippen LogP contribution in [0.4, 0.5) is 0 Å². The monoisotopic (exact) mass is 296 g/mol. The van der Waals surface area contributed by atoms with E-state index in [-0.39, 0.29) is 23.9 Å². The molecule has 0 aliphatic carbocycles. The zero-order valence-electron chi connectivity index (χ0n) is 12.6. The first-order valence-corrected chi connectivity index (χ1v) is 7.13. The minimum Gasteiger partial charge on any atom is -0.340 e. The van der Waals surface area contributed by atoms with Crippen molar-refractivity contribution in [2.75, 3.05) is 13.6 Å². The SMILES string of the molecule is CCC1(C(=O)N(C)Cc2cccc(C)c2)CCCN1.Cl. The van der Waals surface area contributed by atoms with Gasteiger partial charge in [-0.15, -0.1) is 12.4 Å². The lowest BCUT2D eigenvalue weighted by Crippen LogP contribution is -2.53. The van der Waals surface area contributed by atoms with Crippen LogP contribution in [-0.2, 0) is 11.3 Å². The van der Waals surface area contributed by atoms with E-state index in [4.69, 9.17) is 0 Å². The average molecular weight is 297 g/mol. The summed E-state index contributed by atoms with van der Waals surface area (Å²) in [6.45, 7) is 5.82. The maximum absolute atomic E-state index is 12.7. The fourth-order valence-corrected chi connectivity index (χ4v) is 2.96. The van der Waals surface area contributed by atoms with Gasteiger partial charge in [0, 0.05) is 13.6 Å². The molecule has 4 heteroatoms. The lowest BCUT2D eigenvalue weighted by Gasteiger charge is -2.32. The van der Waals surface area contributed by atoms with Crippen molar-refractivity contribution in [1.82, 2.24) is 10.2 Å². The van der Waals surface area contributed by atoms with E-state index in [1.165, 1.54) is 11.1 Å². The van der Waals surface area contributed by atoms with Crippen LogP contribution in [0.3, 0.4) is 0 Å². The molecule has 1 aliphatic heterocycles. The van der Waals surface area contributed by atoms with Crippen molar-refractivity contribution in [2.24, 2.45) is 0 Å². The molecule has 1 saturated heterocycles. The van der Waals surface area contributed by atoms with Gasteiger partial charge in [-0.3, -0.25) is 4.79 Å². The van der Waals surface area contributed by atoms with Gasteiger partial charge in [0.1, 0.15) is 0 Å². The quantitative estimate of drug-likeness (QED) is 0.926. The van der Waals surface area contributed by atoms with Gasteiger partial charge < -0.3 is 10.2 Å². The lowest BCUT2D eigenvalue weighted by atomic mass is 9.92. The molecule has 0 saturated carbocycles. The predicted molar refractivity (Wildman–Crippen MR) is 85.2 cm³/mol. The van der Waals surface area contributed by atoms with Crippen LogP contribution in [0.15, 0.2) is 24.3 Å². The molecule has 112 valence electrons. The smallest absolute Gasteiger partial charge is 0.242 e. The Morgan fingerprint density at radius 1 is 1.45 bits per heavy atom. The summed E-state index contributed by atoms with van der Waals surface area (Å²) in [4.78, 5) is 14.5. The number of aryl methyl sites for hydroxylation is 1. The third-order valence-corrected chi connectivity index (χ3v) is 4.11. The fourth-order valence-electron chi connectivity index (χ4n) is 2.96. The molecule has 0 aromatic heterocycles. The van der Waals surface area contributed by atoms with Crippen LogP contribution in [-0.4, -0.2) is 29.9 Å². The normalized spacial score (nSPS) is 21.4. The Labute approximate surface area is 128 Å². The first kappa shape index (κ1) is 17.0. The van der Waals surface area contributed by atoms with E-state index in [1.807, 2.05) is 18.0 Å². The van der Waals surface area contributed by atoms with Gasteiger partial charge in [-0.2, -0.15) is 0 Å². The van der Waals surface area contributed by atoms with Crippen LogP contribution in [0.5, 0.6) is 0 Å². The molecule has 3 nitrogen and oxygen atoms in total. The zero-order chi connectivity index (χ0) is 13.9. The third kappa shape index (κ3) is 3.53. The lowest BCUT2D eigenvalue weighted by molar-refractivity contribution is -0.137. The first-order valence-electron chi connectivity index (χ1n) is 7.13. The van der Waals surface area contributed by atoms with Crippen LogP contribution in [0.1, 0.15) is 37.3 Å². The highest BCUT2D eigenvalue weighted by molar-refractivity contribution is 5.86. The van der Waals surface area contributed by atoms with Gasteiger partial charge in [-0.1, -0.05) is 36.8 Å². The number of nitrogens with zero attached hydrogens (tertiary/aromatic N) is 1. The van der Waals surface area contributed by atoms with Crippen molar-refractivity contribution in [2.45, 2.75) is 45.2 Å². The summed E-state index contributed by atoms with van der Waals surface area (Å²) in [6, 6.07) is 8.35. The molecule has 1 amide bonds. The van der Waals surface area contributed by atoms with Crippen molar-refractivity contribution in [3.05, 3.63) is 35.4 Å². The van der Waals surface area contributed by atoms with E-state index in [0.717, 1.165) is 25.8 Å². The van der Waals surface area contributed by atoms with E-state index in [2.05, 4.69) is 37.4 Å². The van der Waals surface area contributed by atoms with Gasteiger partial charge in [0.25, 0.3) is 0 Å². The van der Waals surface area contributed by atoms with Gasteiger partial charge in [0.15, 0.2) is 0 Å². The summed E-state index contributed by atoms with van der Waals surface area (Å²) in [7, 11) is 1.90. The van der Waals surface area contributed by atoms with Gasteiger partial charge in [0.05, 0.1) is 5.54 Å². The summed E-state index contributed by atoms with van der Waals surface area (Å²) in [5.74, 6) is 0.231. The molecule has 20 heavy (non-hydrogen) atoms. The van der Waals surface area contributed by atoms with E-state index >= 15 is 0 Å². The van der Waals surface area contributed by atoms with Crippen LogP contribution in [0.25, 0.3) is 0 Å². The standard InChI is InChI=1S/C16H24N2O.ClH/c1-4-16(9-6-10-17-16)15(19)18(3)12-14-8-5-7-13(2)11-14;/h5,7-8,11,17H,4,6,9-10,12H2,1-3H3;1H. The Morgan fingerprint density at radius 3 is 2.75 bits per heavy atom. The topological polar surface area (TPSA) is 32.3 Å². The van der Waals surface area contributed by atoms with Crippen LogP contribution in [0, 0.1) is 6.92 Å². The highest BCUT2D eigenvalue weighted by Gasteiger charge is 2.40. The molecule has 1 aromatic carbocycles. The highest BCUT2D eigenvalue weighted by Crippen LogP contribution is 2.25. The second-order valence-corrected chi connectivity index (χ2v) is 5.62. The molecule has 0 bridgehead atoms. The minimum absolute atomic E-state index is 0. The Morgan fingerprint density at radius 2 is 2.20 bits per heavy atom. The van der Waals surface area contributed by atoms with Crippen LogP contribution >= 0.6 is 12.4 Å². The number of hydrogen-bond acceptors (Lipinski definition) is 2. The molecule has 0 radical (unpaired) electrons. The second kappa shape index (κ2) is 7.09. The van der Waals surface area contributed by atoms with Gasteiger partial charge in [0.2, 0.25) is 5.91 Å². The van der Waals surface area contributed by atoms with Gasteiger partial charge in [-0.25, -0.2) is 0 Å². The predicted octanol–water partition coefficient (Wildman–Crippen LogP) is 2.91. The number of amides is 1. The van der Waals surface area contributed by atoms with E-state index in [0.29, 0.717) is 6.54 Å². The number of carbonyl (C=O) groups excluding carboxylic acids is 1. The Hall–Kier alpha value is -1.06. The first-order chi connectivity index (χ1) is 9.07. The summed E-state index contributed by atoms with van der Waals surface area (Å²) in [5, 5.41) is 3.41. The van der Waals surface area contributed by atoms with Crippen molar-refractivity contribution in [3.63, 3.8) is 0 Å². The van der Waals surface area contributed by atoms with E-state index in [9.17, 15) is 4.79 Å². The van der Waals surface area contributed by atoms with Crippen molar-refractivity contribution in [1.29, 1.82) is 0 Å². The minimum atomic E-state index is -0.321. The molecule has 1 fully saturated rings. The number of hydrogen-bond donors (Lipinski definition) is 1. The third-order valence-electron chi connectivity index (χ3n) is 4.11. The molecule has 1 atom stereocenters. The molecule has 1 aliphatic rings. The Balaban J connectivity index is 0.00000200. The molecular formula is C16H25ClN2O. The summed E-state index contributed by atoms with van der Waals surface area (Å²) in [5.41, 5.74) is 2.11. The van der Waals surface area contributed by atoms with Crippen LogP contribution < -0.4 is 5.32 Å². The van der Waals surface area contributed by atoms with Crippen molar-refractivity contribution < 1.29 is 4.79 Å². The number of rotatable bonds is 4. The second-order valence-electron chi connectivity index (χ2n) is 5.62. The van der Waals surface area contributed by atoms with Crippen molar-refractivity contribution in [3.8, 4) is 0 Å². The maximum atomic E-state index is 12.7. The number of carbonyl (C=O) groups is 1. The molecule has 1 aromatic rings. The molecule has 0 spiro atoms. The molecule has 1 N–H and O–H groups in total. The Kier molecular flexibility index (Phi) is 6.03. The molecule has 1 heterocycles. The highest BCUT2D eigenvalue weighted by atomic mass is 35.5. The molecular weight excluding hydrogens is 272 g/mol. The molecule has 2 rings (SSSR count). The van der Waals surface area contributed by atoms with E-state index in [1.54, 1.807) is 0 Å². The molecule has 1 unspecified atom stereocenters. The zero-order valence-corrected chi connectivity index (χ0v) is 13.4. The van der Waals surface area contributed by atoms with Gasteiger partial charge >= 0.3 is 0 Å². The number of likely N-dealkylation sites (N-methyl/N-ethyl adjacent to an activating group) is 1. The summed E-state index contributed by atoms with van der Waals surface area (Å²) < 4.78 is 0. The number of nitrogens with one attached hydrogen (secondary N) is 1. The fraction of sp³-hybridized carbons (Fsp3) is 0.562. The Bertz CT molecular complexity index is 456. The van der Waals surface area contributed by atoms with E-state index < -0.39 is 0 Å². The summed E-state index contributed by atoms with van der Waals surface area (Å²) in [6.07, 6.45) is 2.92. The maximum Gasteiger partial charge on any atom is 0.242 e. The van der Waals surface area contributed by atoms with Gasteiger partial charge in [-0.05, 0) is 38.3 Å². The summed E-state index contributed by atoms with van der Waals surface area (Å²) >= 11 is 0. The average Bonchev–Trinajstić information content (AvgIpc) is 2.87.